The molecule has 0 radical (unpaired) electrons. The van der Waals surface area contributed by atoms with Gasteiger partial charge in [0.05, 0.1) is 5.02 Å². The van der Waals surface area contributed by atoms with E-state index in [0.717, 1.165) is 36.6 Å². The lowest BCUT2D eigenvalue weighted by Gasteiger charge is -2.12. The van der Waals surface area contributed by atoms with Crippen molar-refractivity contribution in [2.75, 3.05) is 20.1 Å². The Kier molecular flexibility index (Phi) is 2.60. The molecular formula is C13H16ClN3. The molecule has 3 rings (SSSR count). The van der Waals surface area contributed by atoms with E-state index in [9.17, 15) is 0 Å². The number of nitrogens with zero attached hydrogens (tertiary/aromatic N) is 3. The molecule has 0 aromatic carbocycles. The minimum Gasteiger partial charge on any atom is -0.332 e. The number of rotatable bonds is 0. The smallest absolute Gasteiger partial charge is 0.140 e. The molecule has 0 amide bonds. The van der Waals surface area contributed by atoms with Gasteiger partial charge in [-0.05, 0) is 25.1 Å². The van der Waals surface area contributed by atoms with Gasteiger partial charge in [-0.1, -0.05) is 11.6 Å². The van der Waals surface area contributed by atoms with Gasteiger partial charge in [0.2, 0.25) is 0 Å². The van der Waals surface area contributed by atoms with Crippen molar-refractivity contribution in [3.63, 3.8) is 0 Å². The van der Waals surface area contributed by atoms with Crippen LogP contribution < -0.4 is 0 Å². The van der Waals surface area contributed by atoms with Crippen LogP contribution in [0.4, 0.5) is 0 Å². The maximum absolute atomic E-state index is 6.06. The van der Waals surface area contributed by atoms with Crippen molar-refractivity contribution >= 4 is 22.6 Å². The van der Waals surface area contributed by atoms with Crippen molar-refractivity contribution in [2.24, 2.45) is 7.05 Å². The predicted molar refractivity (Wildman–Crippen MR) is 70.6 cm³/mol. The summed E-state index contributed by atoms with van der Waals surface area (Å²) in [6.07, 6.45) is 3.91. The summed E-state index contributed by atoms with van der Waals surface area (Å²) in [7, 11) is 4.28. The van der Waals surface area contributed by atoms with Gasteiger partial charge in [-0.25, -0.2) is 4.98 Å². The fourth-order valence-corrected chi connectivity index (χ4v) is 2.87. The molecule has 0 atom stereocenters. The number of fused-ring (bicyclic) bond motifs is 3. The van der Waals surface area contributed by atoms with Crippen LogP contribution in [0.5, 0.6) is 0 Å². The van der Waals surface area contributed by atoms with Crippen LogP contribution >= 0.6 is 11.6 Å². The van der Waals surface area contributed by atoms with Gasteiger partial charge in [-0.15, -0.1) is 0 Å². The summed E-state index contributed by atoms with van der Waals surface area (Å²) < 4.78 is 2.22. The molecular weight excluding hydrogens is 234 g/mol. The summed E-state index contributed by atoms with van der Waals surface area (Å²) in [5.74, 6) is 0. The van der Waals surface area contributed by atoms with Crippen molar-refractivity contribution in [1.29, 1.82) is 0 Å². The highest BCUT2D eigenvalue weighted by Gasteiger charge is 2.19. The Morgan fingerprint density at radius 1 is 1.24 bits per heavy atom. The third kappa shape index (κ3) is 1.74. The molecule has 0 saturated heterocycles. The van der Waals surface area contributed by atoms with E-state index in [1.165, 1.54) is 16.6 Å². The predicted octanol–water partition coefficient (Wildman–Crippen LogP) is 2.26. The summed E-state index contributed by atoms with van der Waals surface area (Å²) in [6.45, 7) is 2.23. The minimum atomic E-state index is 0.725. The first kappa shape index (κ1) is 11.1. The molecule has 2 aromatic rings. The number of halogens is 1. The number of pyridine rings is 1. The highest BCUT2D eigenvalue weighted by Crippen LogP contribution is 2.28. The second kappa shape index (κ2) is 4.00. The molecule has 3 nitrogen and oxygen atoms in total. The summed E-state index contributed by atoms with van der Waals surface area (Å²) in [4.78, 5) is 6.83. The van der Waals surface area contributed by atoms with Gasteiger partial charge in [-0.3, -0.25) is 0 Å². The molecule has 0 bridgehead atoms. The van der Waals surface area contributed by atoms with Crippen LogP contribution in [-0.2, 0) is 19.9 Å². The van der Waals surface area contributed by atoms with Gasteiger partial charge in [0.1, 0.15) is 5.65 Å². The van der Waals surface area contributed by atoms with E-state index in [-0.39, 0.29) is 0 Å². The maximum Gasteiger partial charge on any atom is 0.140 e. The number of aromatic nitrogens is 2. The second-order valence-corrected chi connectivity index (χ2v) is 5.25. The minimum absolute atomic E-state index is 0.725. The summed E-state index contributed by atoms with van der Waals surface area (Å²) in [5, 5.41) is 1.95. The molecule has 1 aliphatic heterocycles. The molecule has 3 heterocycles. The Balaban J connectivity index is 2.24. The standard InChI is InChI=1S/C13H16ClN3/c1-16-5-3-10-11-7-9(14)8-15-13(11)17(2)12(10)4-6-16/h7-8H,3-6H2,1-2H3. The van der Waals surface area contributed by atoms with Crippen LogP contribution in [0.2, 0.25) is 5.02 Å². The fourth-order valence-electron chi connectivity index (χ4n) is 2.72. The van der Waals surface area contributed by atoms with Crippen molar-refractivity contribution < 1.29 is 0 Å². The molecule has 0 aliphatic carbocycles. The van der Waals surface area contributed by atoms with Crippen LogP contribution in [0.1, 0.15) is 11.3 Å². The van der Waals surface area contributed by atoms with E-state index < -0.39 is 0 Å². The molecule has 0 spiro atoms. The Bertz CT molecular complexity index is 574. The van der Waals surface area contributed by atoms with Crippen LogP contribution in [0.3, 0.4) is 0 Å². The Labute approximate surface area is 106 Å². The quantitative estimate of drug-likeness (QED) is 0.714. The average molecular weight is 250 g/mol. The maximum atomic E-state index is 6.06. The Morgan fingerprint density at radius 2 is 2.00 bits per heavy atom. The zero-order valence-electron chi connectivity index (χ0n) is 10.2. The lowest BCUT2D eigenvalue weighted by Crippen LogP contribution is -2.21. The third-order valence-electron chi connectivity index (χ3n) is 3.70. The molecule has 0 N–H and O–H groups in total. The molecule has 17 heavy (non-hydrogen) atoms. The van der Waals surface area contributed by atoms with Gasteiger partial charge < -0.3 is 9.47 Å². The lowest BCUT2D eigenvalue weighted by atomic mass is 10.1. The van der Waals surface area contributed by atoms with E-state index in [4.69, 9.17) is 11.6 Å². The van der Waals surface area contributed by atoms with Gasteiger partial charge in [0, 0.05) is 43.8 Å². The van der Waals surface area contributed by atoms with Crippen LogP contribution in [0.15, 0.2) is 12.3 Å². The topological polar surface area (TPSA) is 21.1 Å². The normalized spacial score (nSPS) is 17.1. The summed E-state index contributed by atoms with van der Waals surface area (Å²) >= 11 is 6.06. The van der Waals surface area contributed by atoms with Crippen LogP contribution in [0, 0.1) is 0 Å². The largest absolute Gasteiger partial charge is 0.332 e. The van der Waals surface area contributed by atoms with Gasteiger partial charge in [0.15, 0.2) is 0 Å². The van der Waals surface area contributed by atoms with Crippen LogP contribution in [0.25, 0.3) is 11.0 Å². The Hall–Kier alpha value is -1.06. The molecule has 0 fully saturated rings. The van der Waals surface area contributed by atoms with Crippen molar-refractivity contribution in [2.45, 2.75) is 12.8 Å². The molecule has 0 unspecified atom stereocenters. The van der Waals surface area contributed by atoms with Gasteiger partial charge in [-0.2, -0.15) is 0 Å². The molecule has 90 valence electrons. The SMILES string of the molecule is CN1CCc2c(n(C)c3ncc(Cl)cc23)CC1. The molecule has 0 saturated carbocycles. The van der Waals surface area contributed by atoms with Gasteiger partial charge in [0.25, 0.3) is 0 Å². The van der Waals surface area contributed by atoms with Crippen molar-refractivity contribution in [3.05, 3.63) is 28.5 Å². The number of aryl methyl sites for hydroxylation is 1. The average Bonchev–Trinajstić information content (AvgIpc) is 2.46. The van der Waals surface area contributed by atoms with E-state index in [1.807, 2.05) is 6.07 Å². The summed E-state index contributed by atoms with van der Waals surface area (Å²) in [5.41, 5.74) is 3.91. The molecule has 4 heteroatoms. The molecule has 1 aliphatic rings. The first-order valence-electron chi connectivity index (χ1n) is 5.97. The van der Waals surface area contributed by atoms with Crippen molar-refractivity contribution in [3.8, 4) is 0 Å². The van der Waals surface area contributed by atoms with E-state index in [2.05, 4.69) is 28.5 Å². The van der Waals surface area contributed by atoms with E-state index >= 15 is 0 Å². The highest BCUT2D eigenvalue weighted by atomic mass is 35.5. The molecule has 2 aromatic heterocycles. The van der Waals surface area contributed by atoms with E-state index in [1.54, 1.807) is 6.20 Å². The second-order valence-electron chi connectivity index (χ2n) is 4.81. The number of hydrogen-bond acceptors (Lipinski definition) is 2. The third-order valence-corrected chi connectivity index (χ3v) is 3.91. The highest BCUT2D eigenvalue weighted by molar-refractivity contribution is 6.31. The zero-order chi connectivity index (χ0) is 12.0. The summed E-state index contributed by atoms with van der Waals surface area (Å²) in [6, 6.07) is 2.05. The van der Waals surface area contributed by atoms with Crippen molar-refractivity contribution in [1.82, 2.24) is 14.5 Å². The number of hydrogen-bond donors (Lipinski definition) is 0. The fraction of sp³-hybridized carbons (Fsp3) is 0.462. The van der Waals surface area contributed by atoms with Crippen LogP contribution in [-0.4, -0.2) is 34.6 Å². The monoisotopic (exact) mass is 249 g/mol. The first-order chi connectivity index (χ1) is 8.16. The Morgan fingerprint density at radius 3 is 2.82 bits per heavy atom. The number of likely N-dealkylation sites (N-methyl/N-ethyl adjacent to an activating group) is 1. The first-order valence-corrected chi connectivity index (χ1v) is 6.35. The van der Waals surface area contributed by atoms with Gasteiger partial charge >= 0.3 is 0 Å². The zero-order valence-corrected chi connectivity index (χ0v) is 11.0. The lowest BCUT2D eigenvalue weighted by molar-refractivity contribution is 0.351. The van der Waals surface area contributed by atoms with E-state index in [0.29, 0.717) is 0 Å².